The maximum atomic E-state index is 4.46. The lowest BCUT2D eigenvalue weighted by Crippen LogP contribution is -1.96. The molecule has 0 aliphatic heterocycles. The largest absolute Gasteiger partial charge is 0.248 e. The summed E-state index contributed by atoms with van der Waals surface area (Å²) >= 11 is 5.39. The van der Waals surface area contributed by atoms with Gasteiger partial charge in [-0.3, -0.25) is 0 Å². The molecule has 0 N–H and O–H groups in total. The first-order valence-electron chi connectivity index (χ1n) is 5.04. The maximum absolute atomic E-state index is 4.46. The summed E-state index contributed by atoms with van der Waals surface area (Å²) in [5.41, 5.74) is 1.29. The minimum absolute atomic E-state index is 0.808. The van der Waals surface area contributed by atoms with E-state index in [9.17, 15) is 0 Å². The molecule has 0 amide bonds. The van der Waals surface area contributed by atoms with E-state index < -0.39 is 0 Å². The van der Waals surface area contributed by atoms with E-state index in [1.807, 2.05) is 18.0 Å². The van der Waals surface area contributed by atoms with Gasteiger partial charge in [-0.2, -0.15) is 0 Å². The molecule has 2 rings (SSSR count). The van der Waals surface area contributed by atoms with Gasteiger partial charge in [-0.25, -0.2) is 4.98 Å². The molecule has 1 nitrogen and oxygen atoms in total. The summed E-state index contributed by atoms with van der Waals surface area (Å²) < 4.78 is 1.07. The van der Waals surface area contributed by atoms with Crippen LogP contribution in [0.5, 0.6) is 0 Å². The van der Waals surface area contributed by atoms with Gasteiger partial charge in [0, 0.05) is 15.9 Å². The molecule has 1 heterocycles. The van der Waals surface area contributed by atoms with Gasteiger partial charge in [-0.05, 0) is 47.3 Å². The van der Waals surface area contributed by atoms with E-state index in [4.69, 9.17) is 0 Å². The Kier molecular flexibility index (Phi) is 3.50. The predicted octanol–water partition coefficient (Wildman–Crippen LogP) is 4.19. The summed E-state index contributed by atoms with van der Waals surface area (Å²) in [5.74, 6) is 0. The SMILES string of the molecule is Cc1cc(Br)cnc1SC1CCCC1. The third-order valence-electron chi connectivity index (χ3n) is 2.58. The molecule has 1 fully saturated rings. The van der Waals surface area contributed by atoms with E-state index in [0.29, 0.717) is 0 Å². The smallest absolute Gasteiger partial charge is 0.0992 e. The number of hydrogen-bond donors (Lipinski definition) is 0. The molecular formula is C11H14BrNS. The average molecular weight is 272 g/mol. The molecule has 0 spiro atoms. The average Bonchev–Trinajstić information content (AvgIpc) is 2.62. The van der Waals surface area contributed by atoms with Crippen LogP contribution in [0.4, 0.5) is 0 Å². The van der Waals surface area contributed by atoms with Gasteiger partial charge < -0.3 is 0 Å². The van der Waals surface area contributed by atoms with Gasteiger partial charge in [0.05, 0.1) is 5.03 Å². The number of hydrogen-bond acceptors (Lipinski definition) is 2. The fourth-order valence-electron chi connectivity index (χ4n) is 1.82. The van der Waals surface area contributed by atoms with Gasteiger partial charge in [0.25, 0.3) is 0 Å². The Labute approximate surface area is 97.8 Å². The number of aromatic nitrogens is 1. The van der Waals surface area contributed by atoms with E-state index in [2.05, 4.69) is 33.9 Å². The normalized spacial score (nSPS) is 17.6. The van der Waals surface area contributed by atoms with Crippen LogP contribution in [0.25, 0.3) is 0 Å². The Bertz CT molecular complexity index is 321. The first kappa shape index (κ1) is 10.5. The summed E-state index contributed by atoms with van der Waals surface area (Å²) in [5, 5.41) is 2.02. The highest BCUT2D eigenvalue weighted by Gasteiger charge is 2.17. The van der Waals surface area contributed by atoms with Crippen molar-refractivity contribution in [1.82, 2.24) is 4.98 Å². The van der Waals surface area contributed by atoms with E-state index >= 15 is 0 Å². The Morgan fingerprint density at radius 1 is 1.43 bits per heavy atom. The zero-order valence-corrected chi connectivity index (χ0v) is 10.7. The lowest BCUT2D eigenvalue weighted by atomic mass is 10.3. The Balaban J connectivity index is 2.08. The standard InChI is InChI=1S/C11H14BrNS/c1-8-6-9(12)7-13-11(8)14-10-4-2-3-5-10/h6-7,10H,2-5H2,1H3. The van der Waals surface area contributed by atoms with Gasteiger partial charge in [0.1, 0.15) is 0 Å². The Morgan fingerprint density at radius 2 is 2.14 bits per heavy atom. The molecule has 0 unspecified atom stereocenters. The van der Waals surface area contributed by atoms with Crippen molar-refractivity contribution in [2.45, 2.75) is 42.9 Å². The molecule has 0 radical (unpaired) electrons. The highest BCUT2D eigenvalue weighted by molar-refractivity contribution is 9.10. The van der Waals surface area contributed by atoms with Crippen molar-refractivity contribution in [2.24, 2.45) is 0 Å². The van der Waals surface area contributed by atoms with Crippen LogP contribution in [0.3, 0.4) is 0 Å². The molecule has 1 aromatic heterocycles. The van der Waals surface area contributed by atoms with Crippen molar-refractivity contribution in [3.05, 3.63) is 22.3 Å². The van der Waals surface area contributed by atoms with Crippen molar-refractivity contribution in [2.75, 3.05) is 0 Å². The molecule has 1 aliphatic rings. The molecule has 3 heteroatoms. The third-order valence-corrected chi connectivity index (χ3v) is 4.47. The van der Waals surface area contributed by atoms with Crippen LogP contribution in [0, 0.1) is 6.92 Å². The van der Waals surface area contributed by atoms with Gasteiger partial charge in [0.15, 0.2) is 0 Å². The van der Waals surface area contributed by atoms with E-state index in [1.165, 1.54) is 36.3 Å². The maximum Gasteiger partial charge on any atom is 0.0992 e. The topological polar surface area (TPSA) is 12.9 Å². The van der Waals surface area contributed by atoms with Crippen LogP contribution in [-0.4, -0.2) is 10.2 Å². The van der Waals surface area contributed by atoms with E-state index in [0.717, 1.165) is 9.72 Å². The first-order valence-corrected chi connectivity index (χ1v) is 6.72. The molecule has 1 aliphatic carbocycles. The Hall–Kier alpha value is -0.0200. The summed E-state index contributed by atoms with van der Waals surface area (Å²) in [6.45, 7) is 2.13. The van der Waals surface area contributed by atoms with Crippen LogP contribution in [0.2, 0.25) is 0 Å². The lowest BCUT2D eigenvalue weighted by Gasteiger charge is -2.09. The number of nitrogens with zero attached hydrogens (tertiary/aromatic N) is 1. The van der Waals surface area contributed by atoms with Crippen LogP contribution in [-0.2, 0) is 0 Å². The van der Waals surface area contributed by atoms with Crippen molar-refractivity contribution in [1.29, 1.82) is 0 Å². The minimum atomic E-state index is 0.808. The summed E-state index contributed by atoms with van der Waals surface area (Å²) in [7, 11) is 0. The zero-order valence-electron chi connectivity index (χ0n) is 8.29. The molecule has 1 saturated carbocycles. The van der Waals surface area contributed by atoms with Crippen LogP contribution in [0.15, 0.2) is 21.8 Å². The van der Waals surface area contributed by atoms with Crippen LogP contribution < -0.4 is 0 Å². The molecule has 14 heavy (non-hydrogen) atoms. The fourth-order valence-corrected chi connectivity index (χ4v) is 3.50. The predicted molar refractivity (Wildman–Crippen MR) is 64.8 cm³/mol. The first-order chi connectivity index (χ1) is 6.75. The highest BCUT2D eigenvalue weighted by atomic mass is 79.9. The molecule has 0 atom stereocenters. The van der Waals surface area contributed by atoms with E-state index in [1.54, 1.807) is 0 Å². The summed E-state index contributed by atoms with van der Waals surface area (Å²) in [6.07, 6.45) is 7.41. The number of thioether (sulfide) groups is 1. The highest BCUT2D eigenvalue weighted by Crippen LogP contribution is 2.35. The minimum Gasteiger partial charge on any atom is -0.248 e. The van der Waals surface area contributed by atoms with Gasteiger partial charge in [-0.15, -0.1) is 11.8 Å². The number of pyridine rings is 1. The second kappa shape index (κ2) is 4.67. The number of aryl methyl sites for hydroxylation is 1. The molecular weight excluding hydrogens is 258 g/mol. The van der Waals surface area contributed by atoms with Crippen molar-refractivity contribution >= 4 is 27.7 Å². The van der Waals surface area contributed by atoms with Crippen molar-refractivity contribution in [3.63, 3.8) is 0 Å². The van der Waals surface area contributed by atoms with Crippen LogP contribution >= 0.6 is 27.7 Å². The lowest BCUT2D eigenvalue weighted by molar-refractivity contribution is 0.886. The van der Waals surface area contributed by atoms with Crippen molar-refractivity contribution in [3.8, 4) is 0 Å². The van der Waals surface area contributed by atoms with Crippen molar-refractivity contribution < 1.29 is 0 Å². The molecule has 0 aromatic carbocycles. The van der Waals surface area contributed by atoms with E-state index in [-0.39, 0.29) is 0 Å². The van der Waals surface area contributed by atoms with Crippen LogP contribution in [0.1, 0.15) is 31.2 Å². The summed E-state index contributed by atoms with van der Waals surface area (Å²) in [6, 6.07) is 2.14. The van der Waals surface area contributed by atoms with Gasteiger partial charge in [0.2, 0.25) is 0 Å². The molecule has 0 saturated heterocycles. The summed E-state index contributed by atoms with van der Waals surface area (Å²) in [4.78, 5) is 4.46. The monoisotopic (exact) mass is 271 g/mol. The Morgan fingerprint density at radius 3 is 2.79 bits per heavy atom. The number of rotatable bonds is 2. The fraction of sp³-hybridized carbons (Fsp3) is 0.545. The molecule has 76 valence electrons. The molecule has 1 aromatic rings. The third kappa shape index (κ3) is 2.51. The molecule has 0 bridgehead atoms. The second-order valence-electron chi connectivity index (χ2n) is 3.80. The second-order valence-corrected chi connectivity index (χ2v) is 6.00. The quantitative estimate of drug-likeness (QED) is 0.800. The van der Waals surface area contributed by atoms with Gasteiger partial charge >= 0.3 is 0 Å². The number of halogens is 1. The zero-order chi connectivity index (χ0) is 9.97. The van der Waals surface area contributed by atoms with Gasteiger partial charge in [-0.1, -0.05) is 12.8 Å².